The Morgan fingerprint density at radius 2 is 1.03 bits per heavy atom. The van der Waals surface area contributed by atoms with Crippen molar-refractivity contribution in [1.29, 1.82) is 0 Å². The van der Waals surface area contributed by atoms with Crippen molar-refractivity contribution in [1.82, 2.24) is 0 Å². The molecule has 1 aliphatic rings. The lowest BCUT2D eigenvalue weighted by molar-refractivity contribution is -0.424. The van der Waals surface area contributed by atoms with E-state index in [2.05, 4.69) is 6.92 Å². The molecule has 0 heterocycles. The minimum absolute atomic E-state index is 0.228. The van der Waals surface area contributed by atoms with Crippen LogP contribution in [0.3, 0.4) is 0 Å². The van der Waals surface area contributed by atoms with Gasteiger partial charge in [-0.05, 0) is 54.2 Å². The highest BCUT2D eigenvalue weighted by Gasteiger charge is 2.87. The predicted octanol–water partition coefficient (Wildman–Crippen LogP) is 9.60. The molecule has 3 rings (SSSR count). The summed E-state index contributed by atoms with van der Waals surface area (Å²) in [5.41, 5.74) is -0.0508. The summed E-state index contributed by atoms with van der Waals surface area (Å²) in [5, 5.41) is 0. The van der Waals surface area contributed by atoms with Gasteiger partial charge in [0.1, 0.15) is 0 Å². The van der Waals surface area contributed by atoms with Gasteiger partial charge >= 0.3 is 29.9 Å². The lowest BCUT2D eigenvalue weighted by atomic mass is 9.77. The van der Waals surface area contributed by atoms with E-state index in [1.807, 2.05) is 12.1 Å². The lowest BCUT2D eigenvalue weighted by Gasteiger charge is -2.37. The Labute approximate surface area is 200 Å². The van der Waals surface area contributed by atoms with E-state index in [9.17, 15) is 48.3 Å². The average Bonchev–Trinajstić information content (AvgIpc) is 2.83. The fourth-order valence-corrected chi connectivity index (χ4v) is 4.48. The molecular weight excluding hydrogens is 509 g/mol. The van der Waals surface area contributed by atoms with Crippen LogP contribution >= 0.6 is 0 Å². The van der Waals surface area contributed by atoms with Crippen molar-refractivity contribution in [3.05, 3.63) is 59.7 Å². The summed E-state index contributed by atoms with van der Waals surface area (Å²) in [6.45, 7) is 2.14. The SMILES string of the molecule is CCC1CCC(c2ccc(-c3ccc(C(F)(F)C(F)(F)C(F)(F)C(F)(F)C(F)(F)F)cc3)cc2)CC1. The van der Waals surface area contributed by atoms with Crippen LogP contribution in [0.2, 0.25) is 0 Å². The molecule has 2 aromatic carbocycles. The molecule has 200 valence electrons. The van der Waals surface area contributed by atoms with Crippen LogP contribution in [0.4, 0.5) is 48.3 Å². The average molecular weight is 532 g/mol. The number of hydrogen-bond donors (Lipinski definition) is 0. The Morgan fingerprint density at radius 1 is 0.583 bits per heavy atom. The molecule has 0 spiro atoms. The van der Waals surface area contributed by atoms with Crippen LogP contribution in [0.1, 0.15) is 56.1 Å². The Hall–Kier alpha value is -2.33. The van der Waals surface area contributed by atoms with Crippen LogP contribution in [-0.2, 0) is 5.92 Å². The van der Waals surface area contributed by atoms with Crippen LogP contribution in [-0.4, -0.2) is 23.9 Å². The molecule has 1 fully saturated rings. The fourth-order valence-electron chi connectivity index (χ4n) is 4.48. The number of alkyl halides is 11. The van der Waals surface area contributed by atoms with Gasteiger partial charge in [-0.1, -0.05) is 61.9 Å². The fraction of sp³-hybridized carbons (Fsp3) is 0.520. The normalized spacial score (nSPS) is 20.4. The third-order valence-corrected chi connectivity index (χ3v) is 6.93. The third kappa shape index (κ3) is 4.69. The highest BCUT2D eigenvalue weighted by Crippen LogP contribution is 2.59. The molecule has 0 amide bonds. The van der Waals surface area contributed by atoms with E-state index in [1.165, 1.54) is 0 Å². The summed E-state index contributed by atoms with van der Waals surface area (Å²) in [6.07, 6.45) is -1.80. The molecule has 0 radical (unpaired) electrons. The molecule has 0 aliphatic heterocycles. The summed E-state index contributed by atoms with van der Waals surface area (Å²) < 4.78 is 146. The molecule has 0 nitrogen and oxygen atoms in total. The quantitative estimate of drug-likeness (QED) is 0.312. The van der Waals surface area contributed by atoms with Crippen molar-refractivity contribution in [2.45, 2.75) is 74.8 Å². The summed E-state index contributed by atoms with van der Waals surface area (Å²) in [5.74, 6) is -26.9. The molecule has 11 heteroatoms. The van der Waals surface area contributed by atoms with Crippen LogP contribution in [0.15, 0.2) is 48.5 Å². The summed E-state index contributed by atoms with van der Waals surface area (Å²) >= 11 is 0. The minimum atomic E-state index is -7.42. The second-order valence-electron chi connectivity index (χ2n) is 9.12. The Balaban J connectivity index is 1.82. The van der Waals surface area contributed by atoms with Gasteiger partial charge in [0.2, 0.25) is 0 Å². The molecule has 36 heavy (non-hydrogen) atoms. The zero-order chi connectivity index (χ0) is 27.2. The number of rotatable bonds is 7. The topological polar surface area (TPSA) is 0 Å². The molecule has 0 aromatic heterocycles. The molecule has 0 saturated heterocycles. The second-order valence-corrected chi connectivity index (χ2v) is 9.12. The first-order valence-corrected chi connectivity index (χ1v) is 11.3. The maximum Gasteiger partial charge on any atom is 0.460 e. The van der Waals surface area contributed by atoms with Gasteiger partial charge in [0.25, 0.3) is 0 Å². The molecular formula is C25H23F11. The molecule has 0 N–H and O–H groups in total. The number of benzene rings is 2. The van der Waals surface area contributed by atoms with Gasteiger partial charge in [0, 0.05) is 5.56 Å². The predicted molar refractivity (Wildman–Crippen MR) is 112 cm³/mol. The van der Waals surface area contributed by atoms with E-state index in [0.717, 1.165) is 49.8 Å². The first-order valence-electron chi connectivity index (χ1n) is 11.3. The van der Waals surface area contributed by atoms with Crippen molar-refractivity contribution in [3.8, 4) is 11.1 Å². The van der Waals surface area contributed by atoms with Gasteiger partial charge in [-0.15, -0.1) is 0 Å². The minimum Gasteiger partial charge on any atom is -0.194 e. The monoisotopic (exact) mass is 532 g/mol. The molecule has 1 aliphatic carbocycles. The van der Waals surface area contributed by atoms with Gasteiger partial charge in [0.05, 0.1) is 0 Å². The Kier molecular flexibility index (Phi) is 7.47. The number of halogens is 11. The van der Waals surface area contributed by atoms with E-state index in [4.69, 9.17) is 0 Å². The highest BCUT2D eigenvalue weighted by atomic mass is 19.4. The first kappa shape index (κ1) is 28.2. The zero-order valence-corrected chi connectivity index (χ0v) is 19.0. The summed E-state index contributed by atoms with van der Waals surface area (Å²) in [6, 6.07) is 9.35. The second kappa shape index (κ2) is 9.52. The third-order valence-electron chi connectivity index (χ3n) is 6.93. The summed E-state index contributed by atoms with van der Waals surface area (Å²) in [7, 11) is 0. The van der Waals surface area contributed by atoms with Crippen molar-refractivity contribution in [2.75, 3.05) is 0 Å². The molecule has 2 aromatic rings. The maximum atomic E-state index is 14.3. The standard InChI is InChI=1S/C25H23F11/c1-2-15-3-5-16(6-4-15)17-7-9-18(10-8-17)19-11-13-20(14-12-19)21(26,27)22(28,29)23(30,31)24(32,33)25(34,35)36/h7-16H,2-6H2,1H3. The van der Waals surface area contributed by atoms with Crippen molar-refractivity contribution in [3.63, 3.8) is 0 Å². The van der Waals surface area contributed by atoms with Crippen molar-refractivity contribution < 1.29 is 48.3 Å². The van der Waals surface area contributed by atoms with E-state index < -0.39 is 35.4 Å². The highest BCUT2D eigenvalue weighted by molar-refractivity contribution is 5.64. The van der Waals surface area contributed by atoms with Crippen LogP contribution in [0.5, 0.6) is 0 Å². The Bertz CT molecular complexity index is 1010. The van der Waals surface area contributed by atoms with Crippen LogP contribution < -0.4 is 0 Å². The molecule has 0 bridgehead atoms. The van der Waals surface area contributed by atoms with Gasteiger partial charge in [0.15, 0.2) is 0 Å². The van der Waals surface area contributed by atoms with E-state index in [-0.39, 0.29) is 5.56 Å². The van der Waals surface area contributed by atoms with Gasteiger partial charge in [-0.25, -0.2) is 0 Å². The molecule has 0 unspecified atom stereocenters. The van der Waals surface area contributed by atoms with Crippen molar-refractivity contribution >= 4 is 0 Å². The summed E-state index contributed by atoms with van der Waals surface area (Å²) in [4.78, 5) is 0. The van der Waals surface area contributed by atoms with Gasteiger partial charge < -0.3 is 0 Å². The van der Waals surface area contributed by atoms with E-state index >= 15 is 0 Å². The van der Waals surface area contributed by atoms with Crippen LogP contribution in [0.25, 0.3) is 11.1 Å². The van der Waals surface area contributed by atoms with E-state index in [0.29, 0.717) is 29.5 Å². The molecule has 0 atom stereocenters. The zero-order valence-electron chi connectivity index (χ0n) is 19.0. The van der Waals surface area contributed by atoms with Gasteiger partial charge in [-0.3, -0.25) is 0 Å². The number of hydrogen-bond acceptors (Lipinski definition) is 0. The van der Waals surface area contributed by atoms with Crippen molar-refractivity contribution in [2.24, 2.45) is 5.92 Å². The smallest absolute Gasteiger partial charge is 0.194 e. The van der Waals surface area contributed by atoms with Gasteiger partial charge in [-0.2, -0.15) is 48.3 Å². The van der Waals surface area contributed by atoms with E-state index in [1.54, 1.807) is 12.1 Å². The first-order chi connectivity index (χ1) is 16.5. The Morgan fingerprint density at radius 3 is 1.44 bits per heavy atom. The lowest BCUT2D eigenvalue weighted by Crippen LogP contribution is -2.65. The van der Waals surface area contributed by atoms with Crippen LogP contribution in [0, 0.1) is 5.92 Å². The molecule has 1 saturated carbocycles. The largest absolute Gasteiger partial charge is 0.460 e. The maximum absolute atomic E-state index is 14.3.